The molecule has 2 aliphatic carbocycles. The lowest BCUT2D eigenvalue weighted by Crippen LogP contribution is -2.28. The van der Waals surface area contributed by atoms with Crippen LogP contribution in [-0.4, -0.2) is 24.1 Å². The molecule has 0 saturated carbocycles. The molecular weight excluding hydrogens is 623 g/mol. The Morgan fingerprint density at radius 1 is 0.569 bits per heavy atom. The Balaban J connectivity index is 1.27. The number of allylic oxidation sites excluding steroid dienone is 5. The summed E-state index contributed by atoms with van der Waals surface area (Å²) in [7, 11) is 0. The van der Waals surface area contributed by atoms with Crippen molar-refractivity contribution in [3.05, 3.63) is 169 Å². The van der Waals surface area contributed by atoms with E-state index in [4.69, 9.17) is 15.0 Å². The van der Waals surface area contributed by atoms with Gasteiger partial charge in [0, 0.05) is 50.8 Å². The van der Waals surface area contributed by atoms with Gasteiger partial charge in [-0.2, -0.15) is 0 Å². The SMILES string of the molecule is CC1(c2nc(-c3ccccc3)nc(-c3ccccc3)n2)C=C(n2c3c(c4ccccc42)CCC=C3)C=C(n2c3ccccc3c3ccccc32)C1. The average molecular weight is 658 g/mol. The number of hydrogen-bond acceptors (Lipinski definition) is 3. The van der Waals surface area contributed by atoms with E-state index in [-0.39, 0.29) is 0 Å². The minimum atomic E-state index is -0.585. The van der Waals surface area contributed by atoms with Gasteiger partial charge in [0.15, 0.2) is 11.6 Å². The molecule has 3 heterocycles. The number of hydrogen-bond donors (Lipinski definition) is 0. The monoisotopic (exact) mass is 657 g/mol. The zero-order chi connectivity index (χ0) is 33.9. The summed E-state index contributed by atoms with van der Waals surface area (Å²) in [6.07, 6.45) is 12.2. The van der Waals surface area contributed by atoms with Crippen LogP contribution in [0.2, 0.25) is 0 Å². The summed E-state index contributed by atoms with van der Waals surface area (Å²) < 4.78 is 4.92. The third kappa shape index (κ3) is 4.80. The number of para-hydroxylation sites is 3. The van der Waals surface area contributed by atoms with E-state index in [9.17, 15) is 0 Å². The number of fused-ring (bicyclic) bond motifs is 6. The first-order valence-corrected chi connectivity index (χ1v) is 17.7. The topological polar surface area (TPSA) is 48.5 Å². The molecular formula is C46H35N5. The third-order valence-electron chi connectivity index (χ3n) is 10.5. The van der Waals surface area contributed by atoms with Gasteiger partial charge in [-0.15, -0.1) is 0 Å². The largest absolute Gasteiger partial charge is 0.313 e. The predicted octanol–water partition coefficient (Wildman–Crippen LogP) is 11.0. The van der Waals surface area contributed by atoms with Crippen molar-refractivity contribution in [2.45, 2.75) is 31.6 Å². The molecule has 5 aromatic carbocycles. The zero-order valence-electron chi connectivity index (χ0n) is 28.4. The molecule has 244 valence electrons. The second-order valence-electron chi connectivity index (χ2n) is 13.9. The summed E-state index contributed by atoms with van der Waals surface area (Å²) in [6.45, 7) is 2.29. The van der Waals surface area contributed by atoms with Gasteiger partial charge >= 0.3 is 0 Å². The summed E-state index contributed by atoms with van der Waals surface area (Å²) in [5.74, 6) is 2.10. The Morgan fingerprint density at radius 2 is 1.10 bits per heavy atom. The Kier molecular flexibility index (Phi) is 6.75. The van der Waals surface area contributed by atoms with Gasteiger partial charge in [-0.05, 0) is 61.8 Å². The molecule has 5 nitrogen and oxygen atoms in total. The molecule has 5 heteroatoms. The molecule has 8 aromatic rings. The fourth-order valence-corrected chi connectivity index (χ4v) is 8.19. The summed E-state index contributed by atoms with van der Waals surface area (Å²) in [5.41, 5.74) is 9.93. The van der Waals surface area contributed by atoms with Crippen LogP contribution in [-0.2, 0) is 11.8 Å². The summed E-state index contributed by atoms with van der Waals surface area (Å²) in [5, 5.41) is 3.81. The van der Waals surface area contributed by atoms with E-state index in [0.717, 1.165) is 35.5 Å². The van der Waals surface area contributed by atoms with Crippen molar-refractivity contribution in [2.75, 3.05) is 0 Å². The number of aryl methyl sites for hydroxylation is 1. The molecule has 0 N–H and O–H groups in total. The highest BCUT2D eigenvalue weighted by Crippen LogP contribution is 2.45. The highest BCUT2D eigenvalue weighted by molar-refractivity contribution is 6.10. The van der Waals surface area contributed by atoms with Gasteiger partial charge in [-0.1, -0.05) is 121 Å². The van der Waals surface area contributed by atoms with E-state index in [1.165, 1.54) is 49.7 Å². The molecule has 10 rings (SSSR count). The van der Waals surface area contributed by atoms with Crippen LogP contribution in [0.3, 0.4) is 0 Å². The highest BCUT2D eigenvalue weighted by atomic mass is 15.1. The van der Waals surface area contributed by atoms with Gasteiger partial charge in [0.1, 0.15) is 5.82 Å². The summed E-state index contributed by atoms with van der Waals surface area (Å²) >= 11 is 0. The molecule has 1 atom stereocenters. The van der Waals surface area contributed by atoms with E-state index < -0.39 is 5.41 Å². The van der Waals surface area contributed by atoms with Crippen LogP contribution in [0.5, 0.6) is 0 Å². The molecule has 0 amide bonds. The second-order valence-corrected chi connectivity index (χ2v) is 13.9. The quantitative estimate of drug-likeness (QED) is 0.185. The lowest BCUT2D eigenvalue weighted by molar-refractivity contribution is 0.554. The smallest absolute Gasteiger partial charge is 0.163 e. The predicted molar refractivity (Wildman–Crippen MR) is 210 cm³/mol. The second kappa shape index (κ2) is 11.6. The van der Waals surface area contributed by atoms with Crippen LogP contribution in [0, 0.1) is 0 Å². The molecule has 0 saturated heterocycles. The van der Waals surface area contributed by atoms with Gasteiger partial charge in [-0.25, -0.2) is 15.0 Å². The fraction of sp³-hybridized carbons (Fsp3) is 0.109. The van der Waals surface area contributed by atoms with E-state index in [1.54, 1.807) is 0 Å². The van der Waals surface area contributed by atoms with Gasteiger partial charge in [0.05, 0.1) is 22.0 Å². The van der Waals surface area contributed by atoms with Gasteiger partial charge in [-0.3, -0.25) is 0 Å². The molecule has 0 spiro atoms. The molecule has 1 unspecified atom stereocenters. The zero-order valence-corrected chi connectivity index (χ0v) is 28.4. The lowest BCUT2D eigenvalue weighted by Gasteiger charge is -2.32. The third-order valence-corrected chi connectivity index (χ3v) is 10.5. The summed E-state index contributed by atoms with van der Waals surface area (Å²) in [6, 6.07) is 46.9. The van der Waals surface area contributed by atoms with E-state index in [1.807, 2.05) is 36.4 Å². The number of benzene rings is 5. The number of aromatic nitrogens is 5. The first-order valence-electron chi connectivity index (χ1n) is 17.7. The Bertz CT molecular complexity index is 2620. The molecule has 2 aliphatic rings. The molecule has 0 aliphatic heterocycles. The standard InChI is InChI=1S/C46H35N5/c1-46(45-48-43(31-16-4-2-5-17-31)47-44(49-45)32-18-6-3-7-19-32)29-33(50-39-24-12-8-20-35(39)36-21-9-13-25-40(36)50)28-34(30-46)51-41-26-14-10-22-37(41)38-23-11-15-27-42(38)51/h2-10,12-22,24-28,30H,11,23,29H2,1H3. The van der Waals surface area contributed by atoms with Crippen LogP contribution in [0.25, 0.3) is 73.0 Å². The van der Waals surface area contributed by atoms with Crippen LogP contribution in [0.15, 0.2) is 152 Å². The van der Waals surface area contributed by atoms with Crippen molar-refractivity contribution in [3.8, 4) is 22.8 Å². The molecule has 3 aromatic heterocycles. The average Bonchev–Trinajstić information content (AvgIpc) is 3.71. The van der Waals surface area contributed by atoms with Crippen molar-refractivity contribution >= 4 is 50.2 Å². The van der Waals surface area contributed by atoms with Gasteiger partial charge in [0.25, 0.3) is 0 Å². The van der Waals surface area contributed by atoms with E-state index >= 15 is 0 Å². The van der Waals surface area contributed by atoms with Crippen LogP contribution in [0.1, 0.15) is 36.8 Å². The minimum Gasteiger partial charge on any atom is -0.313 e. The maximum atomic E-state index is 5.30. The Morgan fingerprint density at radius 3 is 1.71 bits per heavy atom. The van der Waals surface area contributed by atoms with Crippen molar-refractivity contribution in [3.63, 3.8) is 0 Å². The maximum Gasteiger partial charge on any atom is 0.163 e. The fourth-order valence-electron chi connectivity index (χ4n) is 8.19. The number of rotatable bonds is 5. The van der Waals surface area contributed by atoms with E-state index in [0.29, 0.717) is 18.1 Å². The van der Waals surface area contributed by atoms with Crippen molar-refractivity contribution in [1.29, 1.82) is 0 Å². The number of nitrogens with zero attached hydrogens (tertiary/aromatic N) is 5. The van der Waals surface area contributed by atoms with Crippen molar-refractivity contribution < 1.29 is 0 Å². The molecule has 0 bridgehead atoms. The summed E-state index contributed by atoms with van der Waals surface area (Å²) in [4.78, 5) is 15.6. The van der Waals surface area contributed by atoms with E-state index in [2.05, 4.69) is 137 Å². The molecule has 51 heavy (non-hydrogen) atoms. The first-order chi connectivity index (χ1) is 25.1. The van der Waals surface area contributed by atoms with Crippen LogP contribution >= 0.6 is 0 Å². The normalized spacial score (nSPS) is 17.1. The molecule has 0 radical (unpaired) electrons. The van der Waals surface area contributed by atoms with Crippen LogP contribution < -0.4 is 0 Å². The first kappa shape index (κ1) is 29.6. The molecule has 0 fully saturated rings. The lowest BCUT2D eigenvalue weighted by atomic mass is 9.79. The minimum absolute atomic E-state index is 0.585. The van der Waals surface area contributed by atoms with Gasteiger partial charge in [0.2, 0.25) is 0 Å². The Hall–Kier alpha value is -6.33. The van der Waals surface area contributed by atoms with Crippen molar-refractivity contribution in [1.82, 2.24) is 24.1 Å². The van der Waals surface area contributed by atoms with Crippen LogP contribution in [0.4, 0.5) is 0 Å². The highest BCUT2D eigenvalue weighted by Gasteiger charge is 2.36. The van der Waals surface area contributed by atoms with Crippen molar-refractivity contribution in [2.24, 2.45) is 0 Å². The Labute approximate surface area is 296 Å². The maximum absolute atomic E-state index is 5.30. The van der Waals surface area contributed by atoms with Gasteiger partial charge < -0.3 is 9.13 Å².